The second kappa shape index (κ2) is 10.7. The van der Waals surface area contributed by atoms with Crippen molar-refractivity contribution in [3.63, 3.8) is 0 Å². The third-order valence-corrected chi connectivity index (χ3v) is 8.03. The molecule has 4 amide bonds. The van der Waals surface area contributed by atoms with E-state index in [1.54, 1.807) is 11.1 Å². The Balaban J connectivity index is 1.59. The quantitative estimate of drug-likeness (QED) is 0.562. The number of carbonyl (C=O) groups is 3. The van der Waals surface area contributed by atoms with E-state index in [2.05, 4.69) is 24.6 Å². The molecule has 9 heteroatoms. The van der Waals surface area contributed by atoms with E-state index < -0.39 is 6.29 Å². The smallest absolute Gasteiger partial charge is 0.337 e. The van der Waals surface area contributed by atoms with Gasteiger partial charge in [-0.05, 0) is 56.6 Å². The lowest BCUT2D eigenvalue weighted by Gasteiger charge is -2.50. The number of nitrogens with zero attached hydrogens (tertiary/aromatic N) is 3. The maximum atomic E-state index is 13.7. The molecule has 35 heavy (non-hydrogen) atoms. The summed E-state index contributed by atoms with van der Waals surface area (Å²) in [7, 11) is 0. The van der Waals surface area contributed by atoms with Crippen LogP contribution in [0.4, 0.5) is 4.79 Å². The van der Waals surface area contributed by atoms with Crippen molar-refractivity contribution in [1.29, 1.82) is 0 Å². The Kier molecular flexibility index (Phi) is 7.91. The second-order valence-corrected chi connectivity index (χ2v) is 11.0. The zero-order valence-corrected chi connectivity index (χ0v) is 21.9. The number of benzene rings is 1. The van der Waals surface area contributed by atoms with Crippen molar-refractivity contribution in [2.24, 2.45) is 17.8 Å². The van der Waals surface area contributed by atoms with Crippen LogP contribution in [0.15, 0.2) is 24.3 Å². The number of rotatable bonds is 8. The van der Waals surface area contributed by atoms with Crippen LogP contribution in [-0.4, -0.2) is 57.6 Å². The van der Waals surface area contributed by atoms with Gasteiger partial charge in [0.25, 0.3) is 0 Å². The van der Waals surface area contributed by atoms with Crippen LogP contribution in [0.3, 0.4) is 0 Å². The Morgan fingerprint density at radius 3 is 2.63 bits per heavy atom. The second-order valence-electron chi connectivity index (χ2n) is 10.6. The van der Waals surface area contributed by atoms with Crippen LogP contribution in [0.5, 0.6) is 0 Å². The lowest BCUT2D eigenvalue weighted by atomic mass is 9.75. The van der Waals surface area contributed by atoms with E-state index in [-0.39, 0.29) is 41.8 Å². The van der Waals surface area contributed by atoms with Crippen molar-refractivity contribution in [2.75, 3.05) is 6.54 Å². The molecule has 1 saturated carbocycles. The van der Waals surface area contributed by atoms with Gasteiger partial charge in [-0.25, -0.2) is 4.79 Å². The number of hydrazine groups is 1. The van der Waals surface area contributed by atoms with E-state index >= 15 is 0 Å². The highest BCUT2D eigenvalue weighted by Crippen LogP contribution is 2.41. The fourth-order valence-corrected chi connectivity index (χ4v) is 5.56. The summed E-state index contributed by atoms with van der Waals surface area (Å²) in [5, 5.41) is 5.24. The van der Waals surface area contributed by atoms with E-state index in [0.29, 0.717) is 43.3 Å². The largest absolute Gasteiger partial charge is 0.353 e. The summed E-state index contributed by atoms with van der Waals surface area (Å²) in [6.07, 6.45) is 2.95. The number of urea groups is 1. The Morgan fingerprint density at radius 2 is 1.94 bits per heavy atom. The van der Waals surface area contributed by atoms with Crippen LogP contribution < -0.4 is 10.7 Å². The zero-order chi connectivity index (χ0) is 25.3. The minimum absolute atomic E-state index is 0.0246. The number of carbonyl (C=O) groups excluding carboxylic acids is 3. The first-order chi connectivity index (χ1) is 16.7. The molecule has 2 saturated heterocycles. The predicted octanol–water partition coefficient (Wildman–Crippen LogP) is 3.95. The van der Waals surface area contributed by atoms with Gasteiger partial charge in [-0.15, -0.1) is 0 Å². The molecule has 192 valence electrons. The van der Waals surface area contributed by atoms with Crippen molar-refractivity contribution in [2.45, 2.75) is 84.7 Å². The van der Waals surface area contributed by atoms with Gasteiger partial charge in [0.2, 0.25) is 11.8 Å². The Morgan fingerprint density at radius 1 is 1.20 bits per heavy atom. The van der Waals surface area contributed by atoms with E-state index in [1.807, 2.05) is 41.8 Å². The fourth-order valence-electron chi connectivity index (χ4n) is 5.36. The van der Waals surface area contributed by atoms with Gasteiger partial charge in [0.1, 0.15) is 0 Å². The average molecular weight is 504 g/mol. The maximum absolute atomic E-state index is 13.7. The van der Waals surface area contributed by atoms with Crippen molar-refractivity contribution < 1.29 is 14.4 Å². The minimum Gasteiger partial charge on any atom is -0.353 e. The van der Waals surface area contributed by atoms with Gasteiger partial charge in [0.05, 0.1) is 12.5 Å². The Hall–Kier alpha value is -2.32. The van der Waals surface area contributed by atoms with Gasteiger partial charge in [-0.2, -0.15) is 5.43 Å². The van der Waals surface area contributed by atoms with Gasteiger partial charge in [-0.1, -0.05) is 50.6 Å². The van der Waals surface area contributed by atoms with Crippen LogP contribution in [0.25, 0.3) is 0 Å². The number of nitrogens with one attached hydrogen (secondary N) is 2. The predicted molar refractivity (Wildman–Crippen MR) is 135 cm³/mol. The summed E-state index contributed by atoms with van der Waals surface area (Å²) in [5.74, 6) is 0.0582. The normalized spacial score (nSPS) is 27.2. The highest BCUT2D eigenvalue weighted by atomic mass is 35.5. The zero-order valence-electron chi connectivity index (χ0n) is 21.2. The lowest BCUT2D eigenvalue weighted by molar-refractivity contribution is -0.159. The highest BCUT2D eigenvalue weighted by Gasteiger charge is 2.55. The fraction of sp³-hybridized carbons (Fsp3) is 0.654. The molecule has 0 spiro atoms. The van der Waals surface area contributed by atoms with Crippen molar-refractivity contribution in [1.82, 2.24) is 25.6 Å². The summed E-state index contributed by atoms with van der Waals surface area (Å²) in [6, 6.07) is 7.09. The summed E-state index contributed by atoms with van der Waals surface area (Å²) in [4.78, 5) is 43.9. The summed E-state index contributed by atoms with van der Waals surface area (Å²) >= 11 is 6.37. The standard InChI is InChI=1S/C26H38ClN5O3/c1-5-17(4)28-23(33)18-10-11-20-22(14-18)32-25(30(24(20)34)13-12-16(2)3)29-31(26(32)35)15-19-8-6-7-9-21(19)27/h6-9,16-18,20,22,25,29H,5,10-15H2,1-4H3,(H,28,33). The highest BCUT2D eigenvalue weighted by molar-refractivity contribution is 6.31. The van der Waals surface area contributed by atoms with Crippen molar-refractivity contribution in [3.05, 3.63) is 34.9 Å². The minimum atomic E-state index is -0.547. The SMILES string of the molecule is CCC(C)NC(=O)C1CCC2C(=O)N(CCC(C)C)C3NN(Cc4ccccc4Cl)C(=O)N3C2C1. The summed E-state index contributed by atoms with van der Waals surface area (Å²) < 4.78 is 0. The Labute approximate surface area is 213 Å². The molecule has 0 bridgehead atoms. The molecular formula is C26H38ClN5O3. The molecule has 3 aliphatic rings. The van der Waals surface area contributed by atoms with Crippen LogP contribution in [0, 0.1) is 17.8 Å². The van der Waals surface area contributed by atoms with Crippen LogP contribution in [-0.2, 0) is 16.1 Å². The number of amides is 4. The number of hydrogen-bond acceptors (Lipinski definition) is 4. The molecule has 2 heterocycles. The molecule has 2 N–H and O–H groups in total. The molecule has 2 aliphatic heterocycles. The summed E-state index contributed by atoms with van der Waals surface area (Å²) in [5.41, 5.74) is 4.13. The first-order valence-corrected chi connectivity index (χ1v) is 13.3. The average Bonchev–Trinajstić information content (AvgIpc) is 3.15. The van der Waals surface area contributed by atoms with Crippen LogP contribution in [0.2, 0.25) is 5.02 Å². The molecule has 5 atom stereocenters. The third kappa shape index (κ3) is 5.28. The van der Waals surface area contributed by atoms with Gasteiger partial charge >= 0.3 is 6.03 Å². The third-order valence-electron chi connectivity index (χ3n) is 7.66. The topological polar surface area (TPSA) is 85.0 Å². The first kappa shape index (κ1) is 25.8. The molecular weight excluding hydrogens is 466 g/mol. The summed E-state index contributed by atoms with van der Waals surface area (Å²) in [6.45, 7) is 9.18. The molecule has 0 aromatic heterocycles. The van der Waals surface area contributed by atoms with Gasteiger partial charge in [0, 0.05) is 29.6 Å². The van der Waals surface area contributed by atoms with Gasteiger partial charge in [0.15, 0.2) is 6.29 Å². The monoisotopic (exact) mass is 503 g/mol. The molecule has 5 unspecified atom stereocenters. The van der Waals surface area contributed by atoms with E-state index in [1.165, 1.54) is 0 Å². The molecule has 1 aromatic rings. The first-order valence-electron chi connectivity index (χ1n) is 12.9. The maximum Gasteiger partial charge on any atom is 0.337 e. The van der Waals surface area contributed by atoms with Gasteiger partial charge in [-0.3, -0.25) is 19.5 Å². The molecule has 1 aromatic carbocycles. The van der Waals surface area contributed by atoms with Gasteiger partial charge < -0.3 is 10.2 Å². The van der Waals surface area contributed by atoms with Crippen molar-refractivity contribution in [3.8, 4) is 0 Å². The van der Waals surface area contributed by atoms with Crippen LogP contribution >= 0.6 is 11.6 Å². The molecule has 0 radical (unpaired) electrons. The molecule has 1 aliphatic carbocycles. The van der Waals surface area contributed by atoms with E-state index in [9.17, 15) is 14.4 Å². The molecule has 3 fully saturated rings. The van der Waals surface area contributed by atoms with Crippen LogP contribution in [0.1, 0.15) is 65.4 Å². The van der Waals surface area contributed by atoms with Crippen molar-refractivity contribution >= 4 is 29.4 Å². The molecule has 4 rings (SSSR count). The lowest BCUT2D eigenvalue weighted by Crippen LogP contribution is -2.67. The Bertz CT molecular complexity index is 957. The van der Waals surface area contributed by atoms with E-state index in [4.69, 9.17) is 11.6 Å². The number of halogens is 1. The number of hydrogen-bond donors (Lipinski definition) is 2. The number of fused-ring (bicyclic) bond motifs is 3. The van der Waals surface area contributed by atoms with E-state index in [0.717, 1.165) is 18.4 Å². The molecule has 8 nitrogen and oxygen atoms in total.